The zero-order chi connectivity index (χ0) is 13.2. The number of nitrogens with zero attached hydrogens (tertiary/aromatic N) is 2. The monoisotopic (exact) mass is 272 g/mol. The van der Waals surface area contributed by atoms with Crippen molar-refractivity contribution < 1.29 is 14.4 Å². The Labute approximate surface area is 112 Å². The van der Waals surface area contributed by atoms with Crippen molar-refractivity contribution in [3.63, 3.8) is 0 Å². The van der Waals surface area contributed by atoms with Crippen molar-refractivity contribution in [1.82, 2.24) is 10.1 Å². The highest BCUT2D eigenvalue weighted by Gasteiger charge is 2.14. The van der Waals surface area contributed by atoms with E-state index >= 15 is 0 Å². The third kappa shape index (κ3) is 2.25. The first-order valence-electron chi connectivity index (χ1n) is 5.46. The summed E-state index contributed by atoms with van der Waals surface area (Å²) in [6.45, 7) is 0. The zero-order valence-corrected chi connectivity index (χ0v) is 10.4. The van der Waals surface area contributed by atoms with Gasteiger partial charge >= 0.3 is 5.97 Å². The van der Waals surface area contributed by atoms with Crippen LogP contribution < -0.4 is 0 Å². The third-order valence-electron chi connectivity index (χ3n) is 2.49. The van der Waals surface area contributed by atoms with E-state index < -0.39 is 5.97 Å². The van der Waals surface area contributed by atoms with Gasteiger partial charge in [0.1, 0.15) is 4.88 Å². The first-order chi connectivity index (χ1) is 9.24. The normalized spacial score (nSPS) is 10.5. The molecule has 0 saturated heterocycles. The van der Waals surface area contributed by atoms with Crippen LogP contribution in [-0.4, -0.2) is 21.2 Å². The minimum Gasteiger partial charge on any atom is -0.477 e. The van der Waals surface area contributed by atoms with Gasteiger partial charge in [0.2, 0.25) is 5.82 Å². The average molecular weight is 272 g/mol. The van der Waals surface area contributed by atoms with Gasteiger partial charge in [-0.1, -0.05) is 35.5 Å². The Hall–Kier alpha value is -2.47. The number of benzene rings is 1. The van der Waals surface area contributed by atoms with Gasteiger partial charge in [-0.05, 0) is 12.1 Å². The fraction of sp³-hybridized carbons (Fsp3) is 0. The number of aromatic carboxylic acids is 1. The summed E-state index contributed by atoms with van der Waals surface area (Å²) in [7, 11) is 0. The van der Waals surface area contributed by atoms with E-state index in [-0.39, 0.29) is 4.88 Å². The van der Waals surface area contributed by atoms with Crippen molar-refractivity contribution in [1.29, 1.82) is 0 Å². The Balaban J connectivity index is 1.94. The molecule has 0 fully saturated rings. The molecule has 0 spiro atoms. The topological polar surface area (TPSA) is 76.2 Å². The number of carbonyl (C=O) groups is 1. The molecule has 1 aromatic carbocycles. The second kappa shape index (κ2) is 4.66. The molecular formula is C13H8N2O3S. The minimum absolute atomic E-state index is 0.245. The maximum absolute atomic E-state index is 10.8. The van der Waals surface area contributed by atoms with Gasteiger partial charge < -0.3 is 9.63 Å². The molecule has 5 nitrogen and oxygen atoms in total. The third-order valence-corrected chi connectivity index (χ3v) is 3.55. The van der Waals surface area contributed by atoms with Crippen LogP contribution in [0, 0.1) is 0 Å². The number of carboxylic acid groups (broad SMARTS) is 1. The molecule has 0 bridgehead atoms. The van der Waals surface area contributed by atoms with Crippen LogP contribution in [0.4, 0.5) is 0 Å². The number of rotatable bonds is 3. The molecule has 0 aliphatic heterocycles. The Kier molecular flexibility index (Phi) is 2.85. The van der Waals surface area contributed by atoms with Crippen molar-refractivity contribution in [2.75, 3.05) is 0 Å². The summed E-state index contributed by atoms with van der Waals surface area (Å²) in [4.78, 5) is 16.0. The van der Waals surface area contributed by atoms with Crippen LogP contribution in [0.2, 0.25) is 0 Å². The molecule has 3 rings (SSSR count). The molecule has 0 radical (unpaired) electrons. The van der Waals surface area contributed by atoms with E-state index in [2.05, 4.69) is 10.1 Å². The van der Waals surface area contributed by atoms with E-state index in [9.17, 15) is 4.79 Å². The fourth-order valence-electron chi connectivity index (χ4n) is 1.60. The molecule has 0 amide bonds. The Morgan fingerprint density at radius 2 is 1.95 bits per heavy atom. The maximum atomic E-state index is 10.8. The lowest BCUT2D eigenvalue weighted by atomic mass is 10.2. The highest BCUT2D eigenvalue weighted by Crippen LogP contribution is 2.28. The van der Waals surface area contributed by atoms with Gasteiger partial charge in [0, 0.05) is 5.56 Å². The predicted molar refractivity (Wildman–Crippen MR) is 70.0 cm³/mol. The van der Waals surface area contributed by atoms with E-state index in [1.54, 1.807) is 6.07 Å². The summed E-state index contributed by atoms with van der Waals surface area (Å²) in [5, 5.41) is 12.8. The summed E-state index contributed by atoms with van der Waals surface area (Å²) in [6, 6.07) is 12.6. The number of hydrogen-bond donors (Lipinski definition) is 1. The fourth-order valence-corrected chi connectivity index (χ4v) is 2.36. The quantitative estimate of drug-likeness (QED) is 0.792. The van der Waals surface area contributed by atoms with Crippen LogP contribution >= 0.6 is 11.3 Å². The minimum atomic E-state index is -0.959. The number of thiophene rings is 1. The first-order valence-corrected chi connectivity index (χ1v) is 6.28. The van der Waals surface area contributed by atoms with Gasteiger partial charge in [-0.15, -0.1) is 11.3 Å². The molecule has 0 saturated carbocycles. The Bertz CT molecular complexity index is 718. The number of aromatic nitrogens is 2. The lowest BCUT2D eigenvalue weighted by Crippen LogP contribution is -1.89. The summed E-state index contributed by atoms with van der Waals surface area (Å²) in [5.74, 6) is -0.142. The Morgan fingerprint density at radius 3 is 2.63 bits per heavy atom. The van der Waals surface area contributed by atoms with Crippen molar-refractivity contribution in [3.05, 3.63) is 47.3 Å². The molecule has 0 aliphatic rings. The molecule has 19 heavy (non-hydrogen) atoms. The highest BCUT2D eigenvalue weighted by molar-refractivity contribution is 7.17. The van der Waals surface area contributed by atoms with E-state index in [1.165, 1.54) is 6.07 Å². The molecule has 2 aromatic heterocycles. The van der Waals surface area contributed by atoms with Crippen LogP contribution in [0.5, 0.6) is 0 Å². The summed E-state index contributed by atoms with van der Waals surface area (Å²) < 4.78 is 5.15. The van der Waals surface area contributed by atoms with Crippen molar-refractivity contribution in [2.24, 2.45) is 0 Å². The summed E-state index contributed by atoms with van der Waals surface area (Å²) in [6.07, 6.45) is 0. The van der Waals surface area contributed by atoms with Crippen LogP contribution in [0.1, 0.15) is 9.67 Å². The second-order valence-corrected chi connectivity index (χ2v) is 4.84. The molecule has 0 aliphatic carbocycles. The van der Waals surface area contributed by atoms with Gasteiger partial charge in [0.25, 0.3) is 5.89 Å². The largest absolute Gasteiger partial charge is 0.477 e. The standard InChI is InChI=1S/C13H8N2O3S/c16-13(17)10-7-6-9(19-10)12-14-11(15-18-12)8-4-2-1-3-5-8/h1-7H,(H,16,17). The van der Waals surface area contributed by atoms with Gasteiger partial charge in [-0.3, -0.25) is 0 Å². The maximum Gasteiger partial charge on any atom is 0.345 e. The van der Waals surface area contributed by atoms with Gasteiger partial charge in [0.15, 0.2) is 0 Å². The van der Waals surface area contributed by atoms with Gasteiger partial charge in [0.05, 0.1) is 4.88 Å². The van der Waals surface area contributed by atoms with Crippen molar-refractivity contribution in [3.8, 4) is 22.2 Å². The van der Waals surface area contributed by atoms with Gasteiger partial charge in [-0.2, -0.15) is 4.98 Å². The lowest BCUT2D eigenvalue weighted by molar-refractivity contribution is 0.0702. The van der Waals surface area contributed by atoms with Gasteiger partial charge in [-0.25, -0.2) is 4.79 Å². The molecule has 2 heterocycles. The number of carboxylic acids is 1. The number of hydrogen-bond acceptors (Lipinski definition) is 5. The Morgan fingerprint density at radius 1 is 1.16 bits per heavy atom. The van der Waals surface area contributed by atoms with E-state index in [4.69, 9.17) is 9.63 Å². The molecule has 3 aromatic rings. The van der Waals surface area contributed by atoms with E-state index in [0.29, 0.717) is 16.6 Å². The zero-order valence-electron chi connectivity index (χ0n) is 9.61. The predicted octanol–water partition coefficient (Wildman–Crippen LogP) is 3.16. The molecule has 0 unspecified atom stereocenters. The van der Waals surface area contributed by atoms with E-state index in [1.807, 2.05) is 30.3 Å². The van der Waals surface area contributed by atoms with Crippen molar-refractivity contribution in [2.45, 2.75) is 0 Å². The highest BCUT2D eigenvalue weighted by atomic mass is 32.1. The average Bonchev–Trinajstić information content (AvgIpc) is 3.09. The van der Waals surface area contributed by atoms with Crippen LogP contribution in [0.3, 0.4) is 0 Å². The van der Waals surface area contributed by atoms with Crippen LogP contribution in [0.15, 0.2) is 47.0 Å². The molecule has 6 heteroatoms. The molecule has 0 atom stereocenters. The van der Waals surface area contributed by atoms with Crippen molar-refractivity contribution >= 4 is 17.3 Å². The second-order valence-electron chi connectivity index (χ2n) is 3.76. The summed E-state index contributed by atoms with van der Waals surface area (Å²) in [5.41, 5.74) is 0.854. The SMILES string of the molecule is O=C(O)c1ccc(-c2nc(-c3ccccc3)no2)s1. The lowest BCUT2D eigenvalue weighted by Gasteiger charge is -1.90. The molecular weight excluding hydrogens is 264 g/mol. The van der Waals surface area contributed by atoms with E-state index in [0.717, 1.165) is 16.9 Å². The molecule has 1 N–H and O–H groups in total. The smallest absolute Gasteiger partial charge is 0.345 e. The van der Waals surface area contributed by atoms with Crippen LogP contribution in [-0.2, 0) is 0 Å². The molecule has 94 valence electrons. The first kappa shape index (κ1) is 11.6. The summed E-state index contributed by atoms with van der Waals surface area (Å²) >= 11 is 1.11. The van der Waals surface area contributed by atoms with Crippen LogP contribution in [0.25, 0.3) is 22.2 Å².